The summed E-state index contributed by atoms with van der Waals surface area (Å²) in [7, 11) is 0. The molecule has 0 spiro atoms. The van der Waals surface area contributed by atoms with E-state index >= 15 is 0 Å². The lowest BCUT2D eigenvalue weighted by atomic mass is 10.0. The molecular formula is C13H15NS. The van der Waals surface area contributed by atoms with Crippen LogP contribution in [-0.4, -0.2) is 5.75 Å². The highest BCUT2D eigenvalue weighted by Gasteiger charge is 2.03. The highest BCUT2D eigenvalue weighted by atomic mass is 32.2. The van der Waals surface area contributed by atoms with Gasteiger partial charge in [0.1, 0.15) is 0 Å². The van der Waals surface area contributed by atoms with Crippen molar-refractivity contribution in [3.05, 3.63) is 42.0 Å². The second-order valence-corrected chi connectivity index (χ2v) is 4.71. The Morgan fingerprint density at radius 3 is 2.47 bits per heavy atom. The van der Waals surface area contributed by atoms with Crippen molar-refractivity contribution in [3.8, 4) is 0 Å². The van der Waals surface area contributed by atoms with Gasteiger partial charge in [-0.25, -0.2) is 0 Å². The van der Waals surface area contributed by atoms with E-state index in [1.807, 2.05) is 11.8 Å². The molecular weight excluding hydrogens is 202 g/mol. The van der Waals surface area contributed by atoms with E-state index in [0.29, 0.717) is 6.54 Å². The maximum Gasteiger partial charge on any atom is 0.0184 e. The Bertz CT molecular complexity index is 465. The molecule has 2 heteroatoms. The third kappa shape index (κ3) is 2.01. The Labute approximate surface area is 94.7 Å². The molecule has 1 nitrogen and oxygen atoms in total. The van der Waals surface area contributed by atoms with Crippen LogP contribution in [0.3, 0.4) is 0 Å². The fraction of sp³-hybridized carbons (Fsp3) is 0.231. The van der Waals surface area contributed by atoms with E-state index in [2.05, 4.69) is 43.3 Å². The van der Waals surface area contributed by atoms with E-state index in [4.69, 9.17) is 5.73 Å². The maximum absolute atomic E-state index is 5.73. The summed E-state index contributed by atoms with van der Waals surface area (Å²) in [6, 6.07) is 12.8. The molecule has 2 N–H and O–H groups in total. The molecule has 2 rings (SSSR count). The molecule has 0 saturated carbocycles. The topological polar surface area (TPSA) is 26.0 Å². The Hall–Kier alpha value is -0.990. The first kappa shape index (κ1) is 10.5. The van der Waals surface area contributed by atoms with Gasteiger partial charge in [0.05, 0.1) is 0 Å². The smallest absolute Gasteiger partial charge is 0.0184 e. The molecule has 0 aliphatic carbocycles. The minimum Gasteiger partial charge on any atom is -0.326 e. The molecule has 0 aliphatic rings. The van der Waals surface area contributed by atoms with Crippen molar-refractivity contribution in [1.82, 2.24) is 0 Å². The van der Waals surface area contributed by atoms with Crippen LogP contribution in [0.25, 0.3) is 10.8 Å². The van der Waals surface area contributed by atoms with E-state index in [0.717, 1.165) is 5.75 Å². The molecule has 0 aromatic heterocycles. The lowest BCUT2D eigenvalue weighted by Gasteiger charge is -2.08. The van der Waals surface area contributed by atoms with Crippen LogP contribution >= 0.6 is 11.8 Å². The van der Waals surface area contributed by atoms with Gasteiger partial charge in [-0.15, -0.1) is 11.8 Å². The summed E-state index contributed by atoms with van der Waals surface area (Å²) in [4.78, 5) is 1.35. The minimum absolute atomic E-state index is 0.609. The van der Waals surface area contributed by atoms with Gasteiger partial charge < -0.3 is 5.73 Å². The summed E-state index contributed by atoms with van der Waals surface area (Å²) in [6.45, 7) is 2.79. The molecule has 2 aromatic rings. The van der Waals surface area contributed by atoms with Crippen molar-refractivity contribution in [1.29, 1.82) is 0 Å². The normalized spacial score (nSPS) is 10.8. The molecule has 0 atom stereocenters. The van der Waals surface area contributed by atoms with Crippen molar-refractivity contribution in [2.75, 3.05) is 5.75 Å². The van der Waals surface area contributed by atoms with Gasteiger partial charge in [-0.05, 0) is 28.2 Å². The molecule has 0 aliphatic heterocycles. The summed E-state index contributed by atoms with van der Waals surface area (Å²) in [5.74, 6) is 1.10. The summed E-state index contributed by atoms with van der Waals surface area (Å²) < 4.78 is 0. The Morgan fingerprint density at radius 2 is 1.80 bits per heavy atom. The molecule has 2 aromatic carbocycles. The highest BCUT2D eigenvalue weighted by molar-refractivity contribution is 7.99. The molecule has 0 bridgehead atoms. The Balaban J connectivity index is 2.66. The second-order valence-electron chi connectivity index (χ2n) is 3.41. The third-order valence-electron chi connectivity index (χ3n) is 2.49. The van der Waals surface area contributed by atoms with Gasteiger partial charge in [0.2, 0.25) is 0 Å². The molecule has 0 fully saturated rings. The van der Waals surface area contributed by atoms with Crippen molar-refractivity contribution in [3.63, 3.8) is 0 Å². The Kier molecular flexibility index (Phi) is 3.29. The van der Waals surface area contributed by atoms with E-state index in [9.17, 15) is 0 Å². The van der Waals surface area contributed by atoms with Crippen molar-refractivity contribution < 1.29 is 0 Å². The van der Waals surface area contributed by atoms with Crippen molar-refractivity contribution in [2.24, 2.45) is 5.73 Å². The van der Waals surface area contributed by atoms with Gasteiger partial charge in [0.15, 0.2) is 0 Å². The number of thioether (sulfide) groups is 1. The number of fused-ring (bicyclic) bond motifs is 1. The molecule has 0 amide bonds. The largest absolute Gasteiger partial charge is 0.326 e. The fourth-order valence-electron chi connectivity index (χ4n) is 1.79. The van der Waals surface area contributed by atoms with Crippen LogP contribution in [0.4, 0.5) is 0 Å². The zero-order chi connectivity index (χ0) is 10.7. The fourth-order valence-corrected chi connectivity index (χ4v) is 2.60. The van der Waals surface area contributed by atoms with E-state index in [1.54, 1.807) is 0 Å². The summed E-state index contributed by atoms with van der Waals surface area (Å²) in [5, 5.41) is 2.62. The number of hydrogen-bond acceptors (Lipinski definition) is 2. The lowest BCUT2D eigenvalue weighted by molar-refractivity contribution is 1.08. The van der Waals surface area contributed by atoms with Crippen LogP contribution in [-0.2, 0) is 6.54 Å². The molecule has 78 valence electrons. The zero-order valence-corrected chi connectivity index (χ0v) is 9.68. The Morgan fingerprint density at radius 1 is 1.07 bits per heavy atom. The number of nitrogens with two attached hydrogens (primary N) is 1. The first-order chi connectivity index (χ1) is 7.36. The van der Waals surface area contributed by atoms with Crippen molar-refractivity contribution in [2.45, 2.75) is 18.4 Å². The average Bonchev–Trinajstić information content (AvgIpc) is 2.30. The molecule has 0 heterocycles. The van der Waals surface area contributed by atoms with Gasteiger partial charge in [-0.2, -0.15) is 0 Å². The summed E-state index contributed by atoms with van der Waals surface area (Å²) in [6.07, 6.45) is 0. The number of hydrogen-bond donors (Lipinski definition) is 1. The highest BCUT2D eigenvalue weighted by Crippen LogP contribution is 2.29. The van der Waals surface area contributed by atoms with Gasteiger partial charge in [-0.3, -0.25) is 0 Å². The van der Waals surface area contributed by atoms with E-state index < -0.39 is 0 Å². The summed E-state index contributed by atoms with van der Waals surface area (Å²) in [5.41, 5.74) is 6.96. The predicted molar refractivity (Wildman–Crippen MR) is 68.2 cm³/mol. The summed E-state index contributed by atoms with van der Waals surface area (Å²) >= 11 is 1.88. The van der Waals surface area contributed by atoms with Crippen molar-refractivity contribution >= 4 is 22.5 Å². The predicted octanol–water partition coefficient (Wildman–Crippen LogP) is 3.41. The maximum atomic E-state index is 5.73. The van der Waals surface area contributed by atoms with Crippen LogP contribution < -0.4 is 5.73 Å². The molecule has 0 radical (unpaired) electrons. The van der Waals surface area contributed by atoms with Crippen LogP contribution in [0, 0.1) is 0 Å². The van der Waals surface area contributed by atoms with Crippen LogP contribution in [0.5, 0.6) is 0 Å². The van der Waals surface area contributed by atoms with E-state index in [1.165, 1.54) is 21.2 Å². The van der Waals surface area contributed by atoms with Crippen LogP contribution in [0.15, 0.2) is 41.3 Å². The molecule has 15 heavy (non-hydrogen) atoms. The first-order valence-electron chi connectivity index (χ1n) is 5.20. The second kappa shape index (κ2) is 4.69. The third-order valence-corrected chi connectivity index (χ3v) is 3.45. The minimum atomic E-state index is 0.609. The SMILES string of the molecule is CCSc1ccc(CN)c2ccccc12. The van der Waals surface area contributed by atoms with Gasteiger partial charge in [0, 0.05) is 11.4 Å². The molecule has 0 saturated heterocycles. The standard InChI is InChI=1S/C13H15NS/c1-2-15-13-8-7-10(9-14)11-5-3-4-6-12(11)13/h3-8H,2,9,14H2,1H3. The van der Waals surface area contributed by atoms with Gasteiger partial charge in [-0.1, -0.05) is 37.3 Å². The lowest BCUT2D eigenvalue weighted by Crippen LogP contribution is -1.97. The monoisotopic (exact) mass is 217 g/mol. The first-order valence-corrected chi connectivity index (χ1v) is 6.19. The average molecular weight is 217 g/mol. The number of benzene rings is 2. The van der Waals surface area contributed by atoms with E-state index in [-0.39, 0.29) is 0 Å². The van der Waals surface area contributed by atoms with Gasteiger partial charge >= 0.3 is 0 Å². The van der Waals surface area contributed by atoms with Crippen LogP contribution in [0.2, 0.25) is 0 Å². The number of rotatable bonds is 3. The van der Waals surface area contributed by atoms with Gasteiger partial charge in [0.25, 0.3) is 0 Å². The molecule has 0 unspecified atom stereocenters. The zero-order valence-electron chi connectivity index (χ0n) is 8.86. The van der Waals surface area contributed by atoms with Crippen LogP contribution in [0.1, 0.15) is 12.5 Å². The quantitative estimate of drug-likeness (QED) is 0.797.